The molecular formula is C13H15NO2. The maximum atomic E-state index is 11.6. The average molecular weight is 217 g/mol. The van der Waals surface area contributed by atoms with Crippen molar-refractivity contribution >= 4 is 5.97 Å². The molecule has 0 unspecified atom stereocenters. The van der Waals surface area contributed by atoms with Gasteiger partial charge in [0.05, 0.1) is 0 Å². The van der Waals surface area contributed by atoms with E-state index >= 15 is 0 Å². The van der Waals surface area contributed by atoms with E-state index in [1.165, 1.54) is 0 Å². The van der Waals surface area contributed by atoms with Gasteiger partial charge in [-0.1, -0.05) is 42.5 Å². The van der Waals surface area contributed by atoms with Crippen LogP contribution in [0.5, 0.6) is 0 Å². The second kappa shape index (κ2) is 4.94. The van der Waals surface area contributed by atoms with Crippen LogP contribution in [0.2, 0.25) is 0 Å². The number of rotatable bonds is 3. The molecule has 1 aromatic rings. The minimum Gasteiger partial charge on any atom is -0.460 e. The van der Waals surface area contributed by atoms with Gasteiger partial charge >= 0.3 is 5.97 Å². The molecule has 0 bridgehead atoms. The summed E-state index contributed by atoms with van der Waals surface area (Å²) in [5.74, 6) is -0.192. The number of hydrogen-bond donors (Lipinski definition) is 1. The van der Waals surface area contributed by atoms with Gasteiger partial charge in [0, 0.05) is 6.54 Å². The summed E-state index contributed by atoms with van der Waals surface area (Å²) in [6, 6.07) is 9.46. The van der Waals surface area contributed by atoms with E-state index in [9.17, 15) is 4.79 Å². The summed E-state index contributed by atoms with van der Waals surface area (Å²) in [6.07, 6.45) is 0.688. The Kier molecular flexibility index (Phi) is 3.37. The highest BCUT2D eigenvalue weighted by molar-refractivity contribution is 5.76. The van der Waals surface area contributed by atoms with Crippen molar-refractivity contribution in [1.82, 2.24) is 5.32 Å². The third-order valence-corrected chi connectivity index (χ3v) is 2.60. The lowest BCUT2D eigenvalue weighted by molar-refractivity contribution is -0.147. The van der Waals surface area contributed by atoms with Crippen molar-refractivity contribution in [3.63, 3.8) is 0 Å². The predicted molar refractivity (Wildman–Crippen MR) is 61.8 cm³/mol. The number of carbonyl (C=O) groups is 1. The first kappa shape index (κ1) is 10.9. The molecule has 1 heterocycles. The molecule has 0 saturated carbocycles. The summed E-state index contributed by atoms with van der Waals surface area (Å²) in [5, 5.41) is 3.07. The Morgan fingerprint density at radius 3 is 2.81 bits per heavy atom. The van der Waals surface area contributed by atoms with E-state index in [0.717, 1.165) is 11.1 Å². The summed E-state index contributed by atoms with van der Waals surface area (Å²) in [4.78, 5) is 11.6. The van der Waals surface area contributed by atoms with Crippen LogP contribution in [0.4, 0.5) is 0 Å². The quantitative estimate of drug-likeness (QED) is 0.618. The van der Waals surface area contributed by atoms with Gasteiger partial charge in [0.2, 0.25) is 0 Å². The molecule has 16 heavy (non-hydrogen) atoms. The summed E-state index contributed by atoms with van der Waals surface area (Å²) in [6.45, 7) is 4.89. The number of esters is 1. The molecule has 3 heteroatoms. The monoisotopic (exact) mass is 217 g/mol. The van der Waals surface area contributed by atoms with Crippen molar-refractivity contribution in [3.8, 4) is 0 Å². The van der Waals surface area contributed by atoms with E-state index in [0.29, 0.717) is 19.6 Å². The smallest absolute Gasteiger partial charge is 0.323 e. The maximum absolute atomic E-state index is 11.6. The molecule has 1 aliphatic heterocycles. The number of carbonyl (C=O) groups excluding carboxylic acids is 1. The summed E-state index contributed by atoms with van der Waals surface area (Å²) < 4.78 is 5.22. The Morgan fingerprint density at radius 2 is 2.19 bits per heavy atom. The minimum absolute atomic E-state index is 0.192. The molecule has 0 radical (unpaired) electrons. The largest absolute Gasteiger partial charge is 0.460 e. The van der Waals surface area contributed by atoms with Gasteiger partial charge in [-0.3, -0.25) is 4.79 Å². The van der Waals surface area contributed by atoms with E-state index in [4.69, 9.17) is 4.74 Å². The molecule has 84 valence electrons. The van der Waals surface area contributed by atoms with Crippen LogP contribution in [0.25, 0.3) is 0 Å². The summed E-state index contributed by atoms with van der Waals surface area (Å²) >= 11 is 0. The van der Waals surface area contributed by atoms with Gasteiger partial charge in [-0.15, -0.1) is 0 Å². The molecule has 3 nitrogen and oxygen atoms in total. The highest BCUT2D eigenvalue weighted by Gasteiger charge is 2.25. The Morgan fingerprint density at radius 1 is 1.44 bits per heavy atom. The van der Waals surface area contributed by atoms with Crippen molar-refractivity contribution in [2.45, 2.75) is 19.1 Å². The first-order valence-electron chi connectivity index (χ1n) is 5.36. The molecule has 1 fully saturated rings. The number of benzene rings is 1. The number of hydrogen-bond acceptors (Lipinski definition) is 3. The van der Waals surface area contributed by atoms with Gasteiger partial charge in [0.1, 0.15) is 12.6 Å². The van der Waals surface area contributed by atoms with E-state index in [2.05, 4.69) is 11.9 Å². The molecule has 0 amide bonds. The van der Waals surface area contributed by atoms with Crippen molar-refractivity contribution in [2.75, 3.05) is 6.54 Å². The van der Waals surface area contributed by atoms with Crippen molar-refractivity contribution < 1.29 is 9.53 Å². The van der Waals surface area contributed by atoms with E-state index in [1.54, 1.807) is 0 Å². The zero-order chi connectivity index (χ0) is 11.4. The highest BCUT2D eigenvalue weighted by atomic mass is 16.5. The normalized spacial score (nSPS) is 19.8. The fourth-order valence-corrected chi connectivity index (χ4v) is 1.70. The molecule has 1 aliphatic rings. The molecule has 1 atom stereocenters. The molecule has 1 saturated heterocycles. The number of ether oxygens (including phenoxy) is 1. The van der Waals surface area contributed by atoms with Crippen LogP contribution < -0.4 is 5.32 Å². The maximum Gasteiger partial charge on any atom is 0.323 e. The zero-order valence-electron chi connectivity index (χ0n) is 9.11. The van der Waals surface area contributed by atoms with Crippen molar-refractivity contribution in [2.24, 2.45) is 0 Å². The van der Waals surface area contributed by atoms with Gasteiger partial charge in [0.25, 0.3) is 0 Å². The fraction of sp³-hybridized carbons (Fsp3) is 0.308. The first-order chi connectivity index (χ1) is 7.75. The molecule has 0 aliphatic carbocycles. The lowest BCUT2D eigenvalue weighted by Crippen LogP contribution is -2.32. The van der Waals surface area contributed by atoms with Gasteiger partial charge < -0.3 is 10.1 Å². The lowest BCUT2D eigenvalue weighted by Gasteiger charge is -2.09. The lowest BCUT2D eigenvalue weighted by atomic mass is 10.2. The minimum atomic E-state index is -0.212. The van der Waals surface area contributed by atoms with Crippen LogP contribution in [-0.4, -0.2) is 18.6 Å². The third kappa shape index (κ3) is 2.70. The molecule has 0 spiro atoms. The van der Waals surface area contributed by atoms with Crippen LogP contribution in [0.15, 0.2) is 42.5 Å². The van der Waals surface area contributed by atoms with Gasteiger partial charge in [0.15, 0.2) is 0 Å². The van der Waals surface area contributed by atoms with Crippen LogP contribution in [0, 0.1) is 0 Å². The second-order valence-electron chi connectivity index (χ2n) is 3.98. The zero-order valence-corrected chi connectivity index (χ0v) is 9.11. The molecule has 0 aromatic heterocycles. The number of nitrogens with one attached hydrogen (secondary N) is 1. The molecule has 1 aromatic carbocycles. The van der Waals surface area contributed by atoms with Gasteiger partial charge in [-0.2, -0.15) is 0 Å². The predicted octanol–water partition coefficient (Wildman–Crippen LogP) is 1.65. The van der Waals surface area contributed by atoms with E-state index in [1.807, 2.05) is 30.3 Å². The second-order valence-corrected chi connectivity index (χ2v) is 3.98. The van der Waals surface area contributed by atoms with E-state index in [-0.39, 0.29) is 12.0 Å². The summed E-state index contributed by atoms with van der Waals surface area (Å²) in [7, 11) is 0. The molecule has 2 rings (SSSR count). The van der Waals surface area contributed by atoms with Crippen LogP contribution in [-0.2, 0) is 16.1 Å². The van der Waals surface area contributed by atoms with E-state index < -0.39 is 0 Å². The highest BCUT2D eigenvalue weighted by Crippen LogP contribution is 2.12. The standard InChI is InChI=1S/C13H15NO2/c1-10-7-12(14-8-10)13(15)16-9-11-5-3-2-4-6-11/h2-6,12,14H,1,7-9H2/t12-/m0/s1. The Hall–Kier alpha value is -1.61. The topological polar surface area (TPSA) is 38.3 Å². The van der Waals surface area contributed by atoms with Crippen LogP contribution >= 0.6 is 0 Å². The first-order valence-corrected chi connectivity index (χ1v) is 5.36. The van der Waals surface area contributed by atoms with Gasteiger partial charge in [-0.25, -0.2) is 0 Å². The van der Waals surface area contributed by atoms with Crippen LogP contribution in [0.3, 0.4) is 0 Å². The molecule has 1 N–H and O–H groups in total. The third-order valence-electron chi connectivity index (χ3n) is 2.60. The van der Waals surface area contributed by atoms with Crippen LogP contribution in [0.1, 0.15) is 12.0 Å². The Bertz CT molecular complexity index is 386. The summed E-state index contributed by atoms with van der Waals surface area (Å²) in [5.41, 5.74) is 2.06. The molecular weight excluding hydrogens is 202 g/mol. The average Bonchev–Trinajstić information content (AvgIpc) is 2.74. The fourth-order valence-electron chi connectivity index (χ4n) is 1.70. The SMILES string of the molecule is C=C1CN[C@H](C(=O)OCc2ccccc2)C1. The van der Waals surface area contributed by atoms with Crippen molar-refractivity contribution in [3.05, 3.63) is 48.0 Å². The van der Waals surface area contributed by atoms with Crippen molar-refractivity contribution in [1.29, 1.82) is 0 Å². The Balaban J connectivity index is 1.82. The van der Waals surface area contributed by atoms with Gasteiger partial charge in [-0.05, 0) is 12.0 Å². The Labute approximate surface area is 95.1 Å².